The number of rotatable bonds is 19. The molecule has 1 N–H and O–H groups in total. The van der Waals surface area contributed by atoms with Crippen molar-refractivity contribution >= 4 is 0 Å². The van der Waals surface area contributed by atoms with Crippen molar-refractivity contribution in [2.75, 3.05) is 6.61 Å². The minimum atomic E-state index is -0.307. The molecule has 33 heavy (non-hydrogen) atoms. The van der Waals surface area contributed by atoms with E-state index in [0.717, 1.165) is 42.7 Å². The van der Waals surface area contributed by atoms with E-state index < -0.39 is 0 Å². The van der Waals surface area contributed by atoms with E-state index in [-0.39, 0.29) is 6.10 Å². The van der Waals surface area contributed by atoms with Crippen LogP contribution in [-0.4, -0.2) is 27.8 Å². The summed E-state index contributed by atoms with van der Waals surface area (Å²) in [7, 11) is 0. The lowest BCUT2D eigenvalue weighted by Crippen LogP contribution is -2.10. The first-order chi connectivity index (χ1) is 16.2. The highest BCUT2D eigenvalue weighted by Crippen LogP contribution is 2.20. The number of ether oxygens (including phenoxy) is 1. The van der Waals surface area contributed by atoms with Crippen LogP contribution in [0.15, 0.2) is 36.7 Å². The molecule has 2 rings (SSSR count). The molecule has 0 aliphatic rings. The van der Waals surface area contributed by atoms with Crippen molar-refractivity contribution in [3.8, 4) is 17.1 Å². The highest BCUT2D eigenvalue weighted by atomic mass is 16.5. The van der Waals surface area contributed by atoms with Gasteiger partial charge in [-0.1, -0.05) is 90.9 Å². The van der Waals surface area contributed by atoms with Crippen molar-refractivity contribution in [1.82, 2.24) is 9.97 Å². The molecule has 1 aromatic heterocycles. The van der Waals surface area contributed by atoms with Crippen molar-refractivity contribution in [3.63, 3.8) is 0 Å². The van der Waals surface area contributed by atoms with Crippen LogP contribution in [-0.2, 0) is 6.42 Å². The number of aliphatic hydroxyl groups is 1. The Bertz CT molecular complexity index is 715. The number of benzene rings is 1. The summed E-state index contributed by atoms with van der Waals surface area (Å²) in [6, 6.07) is 8.03. The fourth-order valence-electron chi connectivity index (χ4n) is 4.09. The van der Waals surface area contributed by atoms with E-state index in [9.17, 15) is 5.11 Å². The molecule has 0 spiro atoms. The minimum absolute atomic E-state index is 0.307. The lowest BCUT2D eigenvalue weighted by Gasteiger charge is -2.10. The van der Waals surface area contributed by atoms with Gasteiger partial charge in [0.15, 0.2) is 5.82 Å². The van der Waals surface area contributed by atoms with E-state index in [1.807, 2.05) is 36.7 Å². The van der Waals surface area contributed by atoms with Gasteiger partial charge in [0.2, 0.25) is 0 Å². The van der Waals surface area contributed by atoms with Crippen LogP contribution in [0.1, 0.15) is 109 Å². The quantitative estimate of drug-likeness (QED) is 0.219. The summed E-state index contributed by atoms with van der Waals surface area (Å²) in [4.78, 5) is 9.02. The summed E-state index contributed by atoms with van der Waals surface area (Å²) in [5.74, 6) is 1.61. The first-order valence-corrected chi connectivity index (χ1v) is 13.4. The van der Waals surface area contributed by atoms with Gasteiger partial charge in [-0.25, -0.2) is 9.97 Å². The van der Waals surface area contributed by atoms with Crippen molar-refractivity contribution in [2.45, 2.75) is 116 Å². The molecule has 0 saturated carbocycles. The van der Waals surface area contributed by atoms with Crippen LogP contribution in [0.3, 0.4) is 0 Å². The number of hydrogen-bond donors (Lipinski definition) is 1. The number of aliphatic hydroxyl groups excluding tert-OH is 1. The van der Waals surface area contributed by atoms with Gasteiger partial charge in [0.05, 0.1) is 12.7 Å². The van der Waals surface area contributed by atoms with Crippen LogP contribution in [0, 0.1) is 0 Å². The molecule has 4 heteroatoms. The molecular weight excluding hydrogens is 408 g/mol. The van der Waals surface area contributed by atoms with E-state index in [1.54, 1.807) is 0 Å². The lowest BCUT2D eigenvalue weighted by molar-refractivity contribution is 0.160. The van der Waals surface area contributed by atoms with Gasteiger partial charge in [0, 0.05) is 24.4 Å². The summed E-state index contributed by atoms with van der Waals surface area (Å²) in [5.41, 5.74) is 1.97. The van der Waals surface area contributed by atoms with Crippen LogP contribution >= 0.6 is 0 Å². The maximum absolute atomic E-state index is 10.3. The third-order valence-corrected chi connectivity index (χ3v) is 6.20. The molecule has 0 fully saturated rings. The Kier molecular flexibility index (Phi) is 14.5. The van der Waals surface area contributed by atoms with Gasteiger partial charge < -0.3 is 9.84 Å². The molecule has 0 radical (unpaired) electrons. The van der Waals surface area contributed by atoms with Crippen molar-refractivity contribution in [3.05, 3.63) is 42.2 Å². The average molecular weight is 455 g/mol. The second kappa shape index (κ2) is 17.5. The predicted molar refractivity (Wildman–Crippen MR) is 139 cm³/mol. The van der Waals surface area contributed by atoms with E-state index in [0.29, 0.717) is 12.2 Å². The van der Waals surface area contributed by atoms with Crippen LogP contribution < -0.4 is 4.74 Å². The van der Waals surface area contributed by atoms with Crippen LogP contribution in [0.4, 0.5) is 0 Å². The highest BCUT2D eigenvalue weighted by molar-refractivity contribution is 5.55. The molecule has 1 heterocycles. The predicted octanol–water partition coefficient (Wildman–Crippen LogP) is 7.93. The first-order valence-electron chi connectivity index (χ1n) is 13.4. The third-order valence-electron chi connectivity index (χ3n) is 6.20. The van der Waals surface area contributed by atoms with Gasteiger partial charge in [0.1, 0.15) is 5.75 Å². The second-order valence-electron chi connectivity index (χ2n) is 9.32. The first kappa shape index (κ1) is 27.3. The van der Waals surface area contributed by atoms with Crippen LogP contribution in [0.25, 0.3) is 11.4 Å². The number of hydrogen-bond acceptors (Lipinski definition) is 4. The molecule has 0 aliphatic heterocycles. The van der Waals surface area contributed by atoms with Gasteiger partial charge >= 0.3 is 0 Å². The summed E-state index contributed by atoms with van der Waals surface area (Å²) in [6.07, 6.45) is 21.4. The molecule has 4 nitrogen and oxygen atoms in total. The lowest BCUT2D eigenvalue weighted by atomic mass is 10.0. The smallest absolute Gasteiger partial charge is 0.159 e. The standard InChI is InChI=1S/C29H46N2O2/c1-3-5-7-9-10-11-13-15-21-33-28-19-17-26(18-20-28)29-30-23-25(24-31-29)22-27(32)16-14-12-8-6-4-2/h17-20,23-24,27,32H,3-16,21-22H2,1-2H3. The SMILES string of the molecule is CCCCCCCCCCOc1ccc(-c2ncc(CC(O)CCCCCCC)cn2)cc1. The largest absolute Gasteiger partial charge is 0.494 e. The van der Waals surface area contributed by atoms with E-state index >= 15 is 0 Å². The van der Waals surface area contributed by atoms with Gasteiger partial charge in [-0.3, -0.25) is 0 Å². The summed E-state index contributed by atoms with van der Waals surface area (Å²) in [6.45, 7) is 5.26. The molecule has 1 atom stereocenters. The fourth-order valence-corrected chi connectivity index (χ4v) is 4.09. The molecule has 0 aliphatic carbocycles. The minimum Gasteiger partial charge on any atom is -0.494 e. The van der Waals surface area contributed by atoms with Crippen molar-refractivity contribution in [1.29, 1.82) is 0 Å². The maximum atomic E-state index is 10.3. The number of aromatic nitrogens is 2. The molecular formula is C29H46N2O2. The molecule has 0 saturated heterocycles. The zero-order valence-electron chi connectivity index (χ0n) is 21.1. The Balaban J connectivity index is 1.65. The van der Waals surface area contributed by atoms with Gasteiger partial charge in [0.25, 0.3) is 0 Å². The maximum Gasteiger partial charge on any atom is 0.159 e. The molecule has 1 aromatic carbocycles. The fraction of sp³-hybridized carbons (Fsp3) is 0.655. The molecule has 2 aromatic rings. The molecule has 0 bridgehead atoms. The van der Waals surface area contributed by atoms with Gasteiger partial charge in [-0.05, 0) is 42.7 Å². The zero-order valence-corrected chi connectivity index (χ0v) is 21.1. The molecule has 1 unspecified atom stereocenters. The van der Waals surface area contributed by atoms with Crippen LogP contribution in [0.2, 0.25) is 0 Å². The Morgan fingerprint density at radius 2 is 1.27 bits per heavy atom. The summed E-state index contributed by atoms with van der Waals surface area (Å²) < 4.78 is 5.89. The number of unbranched alkanes of at least 4 members (excludes halogenated alkanes) is 11. The van der Waals surface area contributed by atoms with Gasteiger partial charge in [-0.2, -0.15) is 0 Å². The number of nitrogens with zero attached hydrogens (tertiary/aromatic N) is 2. The molecule has 0 amide bonds. The Labute approximate surface area is 202 Å². The summed E-state index contributed by atoms with van der Waals surface area (Å²) >= 11 is 0. The normalized spacial score (nSPS) is 12.1. The van der Waals surface area contributed by atoms with E-state index in [1.165, 1.54) is 70.6 Å². The third kappa shape index (κ3) is 12.2. The average Bonchev–Trinajstić information content (AvgIpc) is 2.84. The van der Waals surface area contributed by atoms with E-state index in [2.05, 4.69) is 23.8 Å². The highest BCUT2D eigenvalue weighted by Gasteiger charge is 2.08. The zero-order chi connectivity index (χ0) is 23.6. The van der Waals surface area contributed by atoms with Gasteiger partial charge in [-0.15, -0.1) is 0 Å². The van der Waals surface area contributed by atoms with Crippen molar-refractivity contribution < 1.29 is 9.84 Å². The summed E-state index contributed by atoms with van der Waals surface area (Å²) in [5, 5.41) is 10.3. The Morgan fingerprint density at radius 1 is 0.727 bits per heavy atom. The monoisotopic (exact) mass is 454 g/mol. The molecule has 184 valence electrons. The second-order valence-corrected chi connectivity index (χ2v) is 9.32. The van der Waals surface area contributed by atoms with Crippen molar-refractivity contribution in [2.24, 2.45) is 0 Å². The topological polar surface area (TPSA) is 55.2 Å². The Morgan fingerprint density at radius 3 is 1.88 bits per heavy atom. The van der Waals surface area contributed by atoms with E-state index in [4.69, 9.17) is 4.74 Å². The Hall–Kier alpha value is -1.94. The van der Waals surface area contributed by atoms with Crippen LogP contribution in [0.5, 0.6) is 5.75 Å².